The summed E-state index contributed by atoms with van der Waals surface area (Å²) in [7, 11) is 1.17. The summed E-state index contributed by atoms with van der Waals surface area (Å²) in [5, 5.41) is 20.4. The molecule has 0 saturated carbocycles. The van der Waals surface area contributed by atoms with E-state index in [-0.39, 0.29) is 16.3 Å². The molecule has 1 aromatic rings. The maximum Gasteiger partial charge on any atom is 0.336 e. The highest BCUT2D eigenvalue weighted by atomic mass is 35.5. The van der Waals surface area contributed by atoms with Crippen LogP contribution >= 0.6 is 11.6 Å². The number of aliphatic hydroxyl groups is 1. The van der Waals surface area contributed by atoms with Gasteiger partial charge in [0.1, 0.15) is 6.10 Å². The van der Waals surface area contributed by atoms with E-state index in [1.165, 1.54) is 37.5 Å². The number of carbonyl (C=O) groups is 1. The van der Waals surface area contributed by atoms with E-state index in [9.17, 15) is 20.0 Å². The number of methoxy groups -OCH3 is 1. The van der Waals surface area contributed by atoms with E-state index in [1.54, 1.807) is 0 Å². The predicted octanol–water partition coefficient (Wildman–Crippen LogP) is 2.26. The second-order valence-electron chi connectivity index (χ2n) is 3.78. The third kappa shape index (κ3) is 3.91. The average Bonchev–Trinajstić information content (AvgIpc) is 2.45. The molecule has 0 heterocycles. The first-order chi connectivity index (χ1) is 9.36. The quantitative estimate of drug-likeness (QED) is 0.390. The Hall–Kier alpha value is -2.18. The summed E-state index contributed by atoms with van der Waals surface area (Å²) in [6.07, 6.45) is -0.104. The zero-order valence-electron chi connectivity index (χ0n) is 10.6. The van der Waals surface area contributed by atoms with Crippen LogP contribution in [0, 0.1) is 10.1 Å². The van der Waals surface area contributed by atoms with E-state index in [1.807, 2.05) is 0 Å². The van der Waals surface area contributed by atoms with Gasteiger partial charge in [0, 0.05) is 17.2 Å². The standard InChI is InChI=1S/C13H12ClNO5/c1-8(13(17)20-2)12(16)7-11(14)9-3-5-10(6-4-9)15(18)19/h3-7,12,16H,1H2,2H3/b11-7-. The van der Waals surface area contributed by atoms with E-state index in [0.29, 0.717) is 5.56 Å². The minimum absolute atomic E-state index is 0.0715. The average molecular weight is 298 g/mol. The minimum Gasteiger partial charge on any atom is -0.466 e. The topological polar surface area (TPSA) is 89.7 Å². The van der Waals surface area contributed by atoms with Crippen LogP contribution in [-0.4, -0.2) is 29.2 Å². The van der Waals surface area contributed by atoms with Gasteiger partial charge >= 0.3 is 5.97 Å². The molecule has 1 unspecified atom stereocenters. The summed E-state index contributed by atoms with van der Waals surface area (Å²) >= 11 is 5.96. The molecule has 0 aliphatic rings. The van der Waals surface area contributed by atoms with Crippen LogP contribution in [0.2, 0.25) is 0 Å². The lowest BCUT2D eigenvalue weighted by Gasteiger charge is -2.08. The van der Waals surface area contributed by atoms with Gasteiger partial charge in [0.25, 0.3) is 5.69 Å². The number of halogens is 1. The summed E-state index contributed by atoms with van der Waals surface area (Å²) in [5.74, 6) is -0.748. The van der Waals surface area contributed by atoms with Gasteiger partial charge in [0.05, 0.1) is 17.6 Å². The highest BCUT2D eigenvalue weighted by Gasteiger charge is 2.16. The van der Waals surface area contributed by atoms with Gasteiger partial charge in [-0.15, -0.1) is 0 Å². The number of hydrogen-bond donors (Lipinski definition) is 1. The Balaban J connectivity index is 2.90. The molecule has 0 spiro atoms. The lowest BCUT2D eigenvalue weighted by Crippen LogP contribution is -2.16. The van der Waals surface area contributed by atoms with E-state index in [2.05, 4.69) is 11.3 Å². The molecule has 0 amide bonds. The Morgan fingerprint density at radius 3 is 2.50 bits per heavy atom. The van der Waals surface area contributed by atoms with E-state index in [4.69, 9.17) is 11.6 Å². The number of nitro benzene ring substituents is 1. The van der Waals surface area contributed by atoms with Crippen molar-refractivity contribution in [2.45, 2.75) is 6.10 Å². The van der Waals surface area contributed by atoms with Crippen molar-refractivity contribution >= 4 is 28.3 Å². The molecule has 7 heteroatoms. The molecule has 0 saturated heterocycles. The Kier molecular flexibility index (Phi) is 5.42. The molecule has 106 valence electrons. The number of benzene rings is 1. The predicted molar refractivity (Wildman–Crippen MR) is 74.1 cm³/mol. The van der Waals surface area contributed by atoms with Crippen molar-refractivity contribution in [2.75, 3.05) is 7.11 Å². The molecule has 1 rings (SSSR count). The van der Waals surface area contributed by atoms with Gasteiger partial charge in [-0.25, -0.2) is 4.79 Å². The van der Waals surface area contributed by atoms with Gasteiger partial charge in [0.2, 0.25) is 0 Å². The highest BCUT2D eigenvalue weighted by molar-refractivity contribution is 6.48. The van der Waals surface area contributed by atoms with Crippen molar-refractivity contribution in [1.29, 1.82) is 0 Å². The van der Waals surface area contributed by atoms with Crippen LogP contribution in [0.4, 0.5) is 5.69 Å². The van der Waals surface area contributed by atoms with Gasteiger partial charge in [-0.3, -0.25) is 10.1 Å². The second kappa shape index (κ2) is 6.83. The number of non-ortho nitro benzene ring substituents is 1. The fraction of sp³-hybridized carbons (Fsp3) is 0.154. The molecule has 1 atom stereocenters. The number of aliphatic hydroxyl groups excluding tert-OH is 1. The molecule has 0 fully saturated rings. The molecule has 0 aromatic heterocycles. The zero-order chi connectivity index (χ0) is 15.3. The zero-order valence-corrected chi connectivity index (χ0v) is 11.3. The first-order valence-corrected chi connectivity index (χ1v) is 5.82. The Bertz CT molecular complexity index is 565. The molecular weight excluding hydrogens is 286 g/mol. The van der Waals surface area contributed by atoms with Crippen LogP contribution in [0.1, 0.15) is 5.56 Å². The van der Waals surface area contributed by atoms with E-state index in [0.717, 1.165) is 0 Å². The van der Waals surface area contributed by atoms with Crippen LogP contribution in [-0.2, 0) is 9.53 Å². The summed E-state index contributed by atoms with van der Waals surface area (Å²) in [4.78, 5) is 21.1. The number of rotatable bonds is 5. The number of nitro groups is 1. The van der Waals surface area contributed by atoms with Gasteiger partial charge < -0.3 is 9.84 Å². The molecule has 6 nitrogen and oxygen atoms in total. The van der Waals surface area contributed by atoms with Crippen LogP contribution < -0.4 is 0 Å². The maximum atomic E-state index is 11.2. The van der Waals surface area contributed by atoms with Crippen LogP contribution in [0.25, 0.3) is 5.03 Å². The lowest BCUT2D eigenvalue weighted by molar-refractivity contribution is -0.384. The van der Waals surface area contributed by atoms with Gasteiger partial charge in [0.15, 0.2) is 0 Å². The van der Waals surface area contributed by atoms with E-state index >= 15 is 0 Å². The smallest absolute Gasteiger partial charge is 0.336 e. The Labute approximate surface area is 120 Å². The number of hydrogen-bond acceptors (Lipinski definition) is 5. The molecule has 1 N–H and O–H groups in total. The molecule has 0 aliphatic carbocycles. The molecule has 0 bridgehead atoms. The summed E-state index contributed by atoms with van der Waals surface area (Å²) in [6, 6.07) is 5.44. The van der Waals surface area contributed by atoms with Gasteiger partial charge in [-0.05, 0) is 23.8 Å². The Morgan fingerprint density at radius 2 is 2.05 bits per heavy atom. The summed E-state index contributed by atoms with van der Waals surface area (Å²) < 4.78 is 4.42. The third-order valence-electron chi connectivity index (χ3n) is 2.46. The fourth-order valence-corrected chi connectivity index (χ4v) is 1.57. The number of nitrogens with zero attached hydrogens (tertiary/aromatic N) is 1. The number of carbonyl (C=O) groups excluding carboxylic acids is 1. The highest BCUT2D eigenvalue weighted by Crippen LogP contribution is 2.23. The molecule has 20 heavy (non-hydrogen) atoms. The summed E-state index contributed by atoms with van der Waals surface area (Å²) in [5.41, 5.74) is 0.235. The monoisotopic (exact) mass is 297 g/mol. The van der Waals surface area contributed by atoms with Gasteiger partial charge in [-0.1, -0.05) is 18.2 Å². The van der Waals surface area contributed by atoms with Crippen LogP contribution in [0.15, 0.2) is 42.5 Å². The first-order valence-electron chi connectivity index (χ1n) is 5.44. The molecule has 0 aliphatic heterocycles. The fourth-order valence-electron chi connectivity index (χ4n) is 1.33. The number of esters is 1. The van der Waals surface area contributed by atoms with Crippen molar-refractivity contribution < 1.29 is 19.6 Å². The number of ether oxygens (including phenoxy) is 1. The van der Waals surface area contributed by atoms with E-state index < -0.39 is 17.0 Å². The van der Waals surface area contributed by atoms with Crippen molar-refractivity contribution in [2.24, 2.45) is 0 Å². The Morgan fingerprint density at radius 1 is 1.50 bits per heavy atom. The van der Waals surface area contributed by atoms with Crippen LogP contribution in [0.3, 0.4) is 0 Å². The SMILES string of the molecule is C=C(C(=O)OC)C(O)/C=C(\Cl)c1ccc([N+](=O)[O-])cc1. The van der Waals surface area contributed by atoms with Crippen molar-refractivity contribution in [3.63, 3.8) is 0 Å². The van der Waals surface area contributed by atoms with Gasteiger partial charge in [-0.2, -0.15) is 0 Å². The maximum absolute atomic E-state index is 11.2. The van der Waals surface area contributed by atoms with Crippen molar-refractivity contribution in [3.05, 3.63) is 58.2 Å². The normalized spacial score (nSPS) is 12.7. The molecule has 1 aromatic carbocycles. The lowest BCUT2D eigenvalue weighted by atomic mass is 10.1. The second-order valence-corrected chi connectivity index (χ2v) is 4.19. The largest absolute Gasteiger partial charge is 0.466 e. The van der Waals surface area contributed by atoms with Crippen LogP contribution in [0.5, 0.6) is 0 Å². The third-order valence-corrected chi connectivity index (χ3v) is 2.81. The summed E-state index contributed by atoms with van der Waals surface area (Å²) in [6.45, 7) is 3.39. The minimum atomic E-state index is -1.30. The van der Waals surface area contributed by atoms with Crippen molar-refractivity contribution in [1.82, 2.24) is 0 Å². The molecular formula is C13H12ClNO5. The van der Waals surface area contributed by atoms with Crippen molar-refractivity contribution in [3.8, 4) is 0 Å². The first kappa shape index (κ1) is 15.9. The molecule has 0 radical (unpaired) electrons.